The quantitative estimate of drug-likeness (QED) is 0.545. The third-order valence-electron chi connectivity index (χ3n) is 2.08. The first-order chi connectivity index (χ1) is 4.95. The summed E-state index contributed by atoms with van der Waals surface area (Å²) in [5.41, 5.74) is 0.0870. The fourth-order valence-electron chi connectivity index (χ4n) is 1.68. The van der Waals surface area contributed by atoms with Gasteiger partial charge in [-0.05, 0) is 17.0 Å². The lowest BCUT2D eigenvalue weighted by atomic mass is 9.93. The molecule has 1 nitrogen and oxygen atoms in total. The van der Waals surface area contributed by atoms with Gasteiger partial charge in [0.15, 0.2) is 5.25 Å². The molecule has 0 fully saturated rings. The van der Waals surface area contributed by atoms with E-state index in [2.05, 4.69) is 26.4 Å². The van der Waals surface area contributed by atoms with Crippen LogP contribution in [0.25, 0.3) is 0 Å². The first kappa shape index (κ1) is 8.85. The van der Waals surface area contributed by atoms with Gasteiger partial charge in [0.25, 0.3) is 0 Å². The van der Waals surface area contributed by atoms with Crippen molar-refractivity contribution in [3.8, 4) is 0 Å². The van der Waals surface area contributed by atoms with Gasteiger partial charge in [0.2, 0.25) is 5.78 Å². The maximum Gasteiger partial charge on any atom is 0.208 e. The lowest BCUT2D eigenvalue weighted by Gasteiger charge is -2.21. The highest BCUT2D eigenvalue weighted by atomic mass is 32.2. The molecule has 0 N–H and O–H groups in total. The molecule has 0 bridgehead atoms. The lowest BCUT2D eigenvalue weighted by molar-refractivity contribution is -0.114. The summed E-state index contributed by atoms with van der Waals surface area (Å²) >= 11 is 0. The predicted molar refractivity (Wildman–Crippen MR) is 50.9 cm³/mol. The summed E-state index contributed by atoms with van der Waals surface area (Å²) in [7, 11) is 0.198. The summed E-state index contributed by atoms with van der Waals surface area (Å²) in [4.78, 5) is 11.4. The average Bonchev–Trinajstić information content (AvgIpc) is 2.06. The van der Waals surface area contributed by atoms with Gasteiger partial charge >= 0.3 is 0 Å². The largest absolute Gasteiger partial charge is 0.289 e. The van der Waals surface area contributed by atoms with E-state index in [-0.39, 0.29) is 21.6 Å². The molecule has 1 aliphatic carbocycles. The Morgan fingerprint density at radius 3 is 2.18 bits per heavy atom. The number of carbonyl (C=O) groups is 1. The summed E-state index contributed by atoms with van der Waals surface area (Å²) in [5, 5.41) is 0.225. The van der Waals surface area contributed by atoms with Crippen LogP contribution in [0.15, 0.2) is 12.2 Å². The molecule has 1 rings (SSSR count). The van der Waals surface area contributed by atoms with Crippen LogP contribution in [0.2, 0.25) is 0 Å². The maximum absolute atomic E-state index is 11.4. The fourth-order valence-corrected chi connectivity index (χ4v) is 3.51. The van der Waals surface area contributed by atoms with Crippen molar-refractivity contribution in [1.29, 1.82) is 0 Å². The van der Waals surface area contributed by atoms with Crippen molar-refractivity contribution in [2.45, 2.75) is 19.1 Å². The van der Waals surface area contributed by atoms with E-state index in [1.165, 1.54) is 0 Å². The van der Waals surface area contributed by atoms with Gasteiger partial charge in [-0.25, -0.2) is 0 Å². The molecule has 0 saturated carbocycles. The van der Waals surface area contributed by atoms with Crippen LogP contribution < -0.4 is 0 Å². The number of hydrogen-bond donors (Lipinski definition) is 0. The molecule has 62 valence electrons. The number of allylic oxidation sites excluding steroid dienone is 2. The Balaban J connectivity index is 2.87. The van der Waals surface area contributed by atoms with Crippen LogP contribution in [0.4, 0.5) is 0 Å². The third kappa shape index (κ3) is 1.51. The number of carbonyl (C=O) groups excluding carboxylic acids is 1. The molecule has 1 aliphatic rings. The number of ketones is 1. The van der Waals surface area contributed by atoms with Crippen LogP contribution >= 0.6 is 0 Å². The Hall–Kier alpha value is -0.240. The van der Waals surface area contributed by atoms with Crippen LogP contribution in [0.1, 0.15) is 13.8 Å². The van der Waals surface area contributed by atoms with Crippen molar-refractivity contribution in [3.63, 3.8) is 0 Å². The minimum atomic E-state index is 0.0870. The summed E-state index contributed by atoms with van der Waals surface area (Å²) in [6, 6.07) is 0. The molecule has 0 spiro atoms. The Bertz CT molecular complexity index is 204. The van der Waals surface area contributed by atoms with Crippen molar-refractivity contribution in [1.82, 2.24) is 0 Å². The van der Waals surface area contributed by atoms with E-state index < -0.39 is 0 Å². The molecule has 0 aromatic rings. The molecule has 0 saturated heterocycles. The highest BCUT2D eigenvalue weighted by Gasteiger charge is 2.45. The monoisotopic (exact) mass is 171 g/mol. The van der Waals surface area contributed by atoms with Crippen molar-refractivity contribution in [2.75, 3.05) is 12.5 Å². The molecule has 11 heavy (non-hydrogen) atoms. The van der Waals surface area contributed by atoms with Gasteiger partial charge in [-0.3, -0.25) is 4.79 Å². The standard InChI is InChI=1S/C9H15OS/c1-9(2)6-5-7(10)8(9)11(3)4/h5-6,8H,1-4H3/q+1. The Morgan fingerprint density at radius 2 is 2.00 bits per heavy atom. The molecule has 2 heteroatoms. The third-order valence-corrected chi connectivity index (χ3v) is 3.87. The topological polar surface area (TPSA) is 17.1 Å². The van der Waals surface area contributed by atoms with E-state index in [9.17, 15) is 4.79 Å². The van der Waals surface area contributed by atoms with Gasteiger partial charge in [-0.1, -0.05) is 19.9 Å². The highest BCUT2D eigenvalue weighted by molar-refractivity contribution is 7.96. The highest BCUT2D eigenvalue weighted by Crippen LogP contribution is 2.33. The van der Waals surface area contributed by atoms with Crippen LogP contribution in [-0.2, 0) is 15.7 Å². The summed E-state index contributed by atoms with van der Waals surface area (Å²) < 4.78 is 0. The van der Waals surface area contributed by atoms with Gasteiger partial charge in [0, 0.05) is 5.41 Å². The van der Waals surface area contributed by atoms with E-state index in [1.54, 1.807) is 6.08 Å². The average molecular weight is 171 g/mol. The van der Waals surface area contributed by atoms with Gasteiger partial charge in [0.1, 0.15) is 0 Å². The van der Waals surface area contributed by atoms with Gasteiger partial charge in [-0.15, -0.1) is 0 Å². The smallest absolute Gasteiger partial charge is 0.208 e. The van der Waals surface area contributed by atoms with E-state index in [0.29, 0.717) is 5.78 Å². The van der Waals surface area contributed by atoms with Crippen LogP contribution in [0, 0.1) is 5.41 Å². The van der Waals surface area contributed by atoms with E-state index in [0.717, 1.165) is 0 Å². The van der Waals surface area contributed by atoms with E-state index in [4.69, 9.17) is 0 Å². The Kier molecular flexibility index (Phi) is 2.15. The molecule has 0 radical (unpaired) electrons. The number of rotatable bonds is 1. The normalized spacial score (nSPS) is 28.5. The molecule has 0 aromatic carbocycles. The fraction of sp³-hybridized carbons (Fsp3) is 0.667. The zero-order chi connectivity index (χ0) is 8.65. The summed E-state index contributed by atoms with van der Waals surface area (Å²) in [6.45, 7) is 4.26. The second kappa shape index (κ2) is 2.67. The molecule has 0 amide bonds. The first-order valence-corrected chi connectivity index (χ1v) is 5.85. The molecule has 1 atom stereocenters. The second-order valence-electron chi connectivity index (χ2n) is 3.82. The minimum Gasteiger partial charge on any atom is -0.289 e. The molecular formula is C9H15OS+. The second-order valence-corrected chi connectivity index (χ2v) is 6.05. The summed E-state index contributed by atoms with van der Waals surface area (Å²) in [5.74, 6) is 0.309. The predicted octanol–water partition coefficient (Wildman–Crippen LogP) is 1.40. The van der Waals surface area contributed by atoms with Gasteiger partial charge in [0.05, 0.1) is 12.5 Å². The molecular weight excluding hydrogens is 156 g/mol. The Morgan fingerprint density at radius 1 is 1.45 bits per heavy atom. The van der Waals surface area contributed by atoms with E-state index >= 15 is 0 Å². The number of hydrogen-bond acceptors (Lipinski definition) is 1. The zero-order valence-corrected chi connectivity index (χ0v) is 8.37. The van der Waals surface area contributed by atoms with Crippen molar-refractivity contribution in [2.24, 2.45) is 5.41 Å². The lowest BCUT2D eigenvalue weighted by Crippen LogP contribution is -2.36. The SMILES string of the molecule is C[S+](C)C1C(=O)C=CC1(C)C. The van der Waals surface area contributed by atoms with E-state index in [1.807, 2.05) is 6.08 Å². The maximum atomic E-state index is 11.4. The zero-order valence-electron chi connectivity index (χ0n) is 7.55. The van der Waals surface area contributed by atoms with Crippen molar-refractivity contribution >= 4 is 16.7 Å². The van der Waals surface area contributed by atoms with Crippen molar-refractivity contribution < 1.29 is 4.79 Å². The molecule has 0 aliphatic heterocycles. The van der Waals surface area contributed by atoms with Crippen LogP contribution in [0.3, 0.4) is 0 Å². The van der Waals surface area contributed by atoms with Crippen LogP contribution in [0.5, 0.6) is 0 Å². The van der Waals surface area contributed by atoms with Crippen molar-refractivity contribution in [3.05, 3.63) is 12.2 Å². The minimum absolute atomic E-state index is 0.0870. The van der Waals surface area contributed by atoms with Crippen LogP contribution in [-0.4, -0.2) is 23.5 Å². The molecule has 1 unspecified atom stereocenters. The first-order valence-electron chi connectivity index (χ1n) is 3.74. The van der Waals surface area contributed by atoms with Gasteiger partial charge < -0.3 is 0 Å². The molecule has 0 heterocycles. The van der Waals surface area contributed by atoms with Gasteiger partial charge in [-0.2, -0.15) is 0 Å². The summed E-state index contributed by atoms with van der Waals surface area (Å²) in [6.07, 6.45) is 8.04. The Labute approximate surface area is 71.2 Å². The molecule has 0 aromatic heterocycles.